The molecule has 0 spiro atoms. The van der Waals surface area contributed by atoms with Crippen LogP contribution in [0.3, 0.4) is 0 Å². The van der Waals surface area contributed by atoms with Gasteiger partial charge in [-0.3, -0.25) is 0 Å². The molecule has 0 N–H and O–H groups in total. The van der Waals surface area contributed by atoms with E-state index in [4.69, 9.17) is 62.1 Å². The van der Waals surface area contributed by atoms with Gasteiger partial charge in [-0.1, -0.05) is 0 Å². The second-order valence-corrected chi connectivity index (χ2v) is 21.1. The Kier molecular flexibility index (Phi) is 15.1. The Morgan fingerprint density at radius 1 is 0.551 bits per heavy atom. The molecular formula is C38H54Cl2N4O4Ti. The van der Waals surface area contributed by atoms with Crippen LogP contribution in [-0.2, 0) is 16.6 Å². The van der Waals surface area contributed by atoms with Crippen molar-refractivity contribution in [3.63, 3.8) is 0 Å². The summed E-state index contributed by atoms with van der Waals surface area (Å²) in [5, 5.41) is 0.576. The van der Waals surface area contributed by atoms with Crippen molar-refractivity contribution in [1.82, 2.24) is 19.9 Å². The number of hydrogen-bond donors (Lipinski definition) is 0. The minimum atomic E-state index is -4.24. The van der Waals surface area contributed by atoms with E-state index >= 15 is 0 Å². The molecule has 0 saturated carbocycles. The first-order valence-electron chi connectivity index (χ1n) is 17.8. The first-order chi connectivity index (χ1) is 23.4. The topological polar surface area (TPSA) is 88.5 Å². The van der Waals surface area contributed by atoms with E-state index in [0.29, 0.717) is 74.7 Å². The molecule has 268 valence electrons. The van der Waals surface area contributed by atoms with Gasteiger partial charge in [0, 0.05) is 0 Å². The Bertz CT molecular complexity index is 1420. The molecule has 0 atom stereocenters. The van der Waals surface area contributed by atoms with E-state index in [1.54, 1.807) is 0 Å². The van der Waals surface area contributed by atoms with Crippen molar-refractivity contribution < 1.29 is 35.5 Å². The van der Waals surface area contributed by atoms with Gasteiger partial charge in [-0.15, -0.1) is 0 Å². The third kappa shape index (κ3) is 10.3. The number of rotatable bonds is 20. The predicted octanol–water partition coefficient (Wildman–Crippen LogP) is 9.07. The van der Waals surface area contributed by atoms with Gasteiger partial charge in [0.2, 0.25) is 0 Å². The first-order valence-corrected chi connectivity index (χ1v) is 21.7. The van der Waals surface area contributed by atoms with Gasteiger partial charge in [0.25, 0.3) is 0 Å². The van der Waals surface area contributed by atoms with Gasteiger partial charge < -0.3 is 0 Å². The summed E-state index contributed by atoms with van der Waals surface area (Å²) in [7, 11) is 0. The number of nitrogens with zero attached hydrogens (tertiary/aromatic N) is 4. The molecular weight excluding hydrogens is 695 g/mol. The normalized spacial score (nSPS) is 14.4. The second-order valence-electron chi connectivity index (χ2n) is 14.5. The molecule has 0 saturated heterocycles. The molecule has 0 aromatic carbocycles. The summed E-state index contributed by atoms with van der Waals surface area (Å²) in [6, 6.07) is 0.402. The van der Waals surface area contributed by atoms with Crippen LogP contribution in [0.25, 0.3) is 0 Å². The van der Waals surface area contributed by atoms with E-state index in [1.165, 1.54) is 7.76 Å². The summed E-state index contributed by atoms with van der Waals surface area (Å²) in [4.78, 5) is 19.4. The fraction of sp³-hybridized carbons (Fsp3) is 0.579. The molecule has 8 nitrogen and oxygen atoms in total. The Labute approximate surface area is 307 Å². The number of ether oxygens (including phenoxy) is 4. The van der Waals surface area contributed by atoms with E-state index in [-0.39, 0.29) is 22.3 Å². The zero-order valence-electron chi connectivity index (χ0n) is 30.5. The van der Waals surface area contributed by atoms with Gasteiger partial charge in [-0.05, 0) is 0 Å². The van der Waals surface area contributed by atoms with Crippen molar-refractivity contribution in [2.75, 3.05) is 26.4 Å². The van der Waals surface area contributed by atoms with E-state index in [0.717, 1.165) is 33.4 Å². The summed E-state index contributed by atoms with van der Waals surface area (Å²) < 4.78 is 29.3. The maximum atomic E-state index is 7.38. The first kappa shape index (κ1) is 39.4. The molecule has 0 amide bonds. The molecule has 0 aliphatic heterocycles. The van der Waals surface area contributed by atoms with Crippen LogP contribution in [0.4, 0.5) is 0 Å². The summed E-state index contributed by atoms with van der Waals surface area (Å²) in [6.07, 6.45) is 17.7. The average molecular weight is 750 g/mol. The van der Waals surface area contributed by atoms with Crippen LogP contribution < -0.4 is 26.7 Å². The van der Waals surface area contributed by atoms with E-state index in [2.05, 4.69) is 91.8 Å². The van der Waals surface area contributed by atoms with Crippen molar-refractivity contribution in [2.24, 2.45) is 23.7 Å². The van der Waals surface area contributed by atoms with Crippen molar-refractivity contribution in [1.29, 1.82) is 0 Å². The van der Waals surface area contributed by atoms with Crippen molar-refractivity contribution in [3.8, 4) is 23.8 Å². The number of hydrogen-bond acceptors (Lipinski definition) is 8. The molecule has 2 aliphatic carbocycles. The SMILES string of the molecule is CC(C)CCOc1nc(Cl)[c]([Ti]([C]2=CC=CC2)([C]2=CC=CC2)[c]2c(Cl)nc(OCCC(C)C)nc2OCCC(C)C)c(OCCC(C)C)n1. The van der Waals surface area contributed by atoms with Crippen molar-refractivity contribution in [3.05, 3.63) is 54.5 Å². The van der Waals surface area contributed by atoms with Gasteiger partial charge >= 0.3 is 309 Å². The Morgan fingerprint density at radius 3 is 1.20 bits per heavy atom. The van der Waals surface area contributed by atoms with E-state index < -0.39 is 16.6 Å². The summed E-state index contributed by atoms with van der Waals surface area (Å²) in [5.74, 6) is 2.64. The Balaban J connectivity index is 2.02. The van der Waals surface area contributed by atoms with Crippen LogP contribution in [0.1, 0.15) is 93.9 Å². The van der Waals surface area contributed by atoms with Crippen LogP contribution in [0.5, 0.6) is 23.8 Å². The molecule has 2 heterocycles. The van der Waals surface area contributed by atoms with Gasteiger partial charge in [0.05, 0.1) is 0 Å². The van der Waals surface area contributed by atoms with Gasteiger partial charge in [0.1, 0.15) is 0 Å². The number of aromatic nitrogens is 4. The maximum absolute atomic E-state index is 7.38. The fourth-order valence-corrected chi connectivity index (χ4v) is 15.2. The quantitative estimate of drug-likeness (QED) is 0.0980. The molecule has 0 bridgehead atoms. The third-order valence-corrected chi connectivity index (χ3v) is 17.6. The van der Waals surface area contributed by atoms with Gasteiger partial charge in [-0.25, -0.2) is 0 Å². The van der Waals surface area contributed by atoms with Crippen molar-refractivity contribution >= 4 is 30.9 Å². The average Bonchev–Trinajstić information content (AvgIpc) is 3.75. The standard InChI is InChI=1S/2C14H22ClN2O2.2C5H5.Ti/c2*1-10(2)5-7-18-13-9-12(15)16-14(17-13)19-8-6-11(3)4;2*1-2-4-5-3-1;/h2*10-11H,5-8H2,1-4H3;2*1-3H,4H2;. The molecule has 2 aliphatic rings. The van der Waals surface area contributed by atoms with E-state index in [1.807, 2.05) is 0 Å². The van der Waals surface area contributed by atoms with E-state index in [9.17, 15) is 0 Å². The van der Waals surface area contributed by atoms with Gasteiger partial charge in [0.15, 0.2) is 0 Å². The minimum absolute atomic E-state index is 0.201. The van der Waals surface area contributed by atoms with Crippen LogP contribution in [0, 0.1) is 23.7 Å². The molecule has 2 aromatic rings. The third-order valence-electron chi connectivity index (χ3n) is 8.60. The summed E-state index contributed by atoms with van der Waals surface area (Å²) in [6.45, 7) is 19.2. The molecule has 2 aromatic heterocycles. The van der Waals surface area contributed by atoms with Crippen LogP contribution in [-0.4, -0.2) is 46.4 Å². The Morgan fingerprint density at radius 2 is 0.898 bits per heavy atom. The van der Waals surface area contributed by atoms with Crippen LogP contribution in [0.15, 0.2) is 44.2 Å². The monoisotopic (exact) mass is 748 g/mol. The van der Waals surface area contributed by atoms with Crippen molar-refractivity contribution in [2.45, 2.75) is 93.9 Å². The predicted molar refractivity (Wildman–Crippen MR) is 197 cm³/mol. The Hall–Kier alpha value is -2.39. The van der Waals surface area contributed by atoms with Crippen LogP contribution in [0.2, 0.25) is 10.3 Å². The van der Waals surface area contributed by atoms with Gasteiger partial charge in [-0.2, -0.15) is 0 Å². The zero-order valence-corrected chi connectivity index (χ0v) is 33.6. The number of halogens is 2. The molecule has 11 heteroatoms. The molecule has 0 radical (unpaired) electrons. The molecule has 0 fully saturated rings. The zero-order chi connectivity index (χ0) is 35.6. The molecule has 4 rings (SSSR count). The summed E-state index contributed by atoms with van der Waals surface area (Å²) in [5.41, 5.74) is 0. The molecule has 49 heavy (non-hydrogen) atoms. The number of allylic oxidation sites excluding steroid dienone is 8. The second kappa shape index (κ2) is 18.7. The molecule has 0 unspecified atom stereocenters. The van der Waals surface area contributed by atoms with Crippen LogP contribution >= 0.6 is 23.2 Å². The fourth-order valence-electron chi connectivity index (χ4n) is 5.74. The summed E-state index contributed by atoms with van der Waals surface area (Å²) >= 11 is 10.5.